The molecular formula is C18H18F3N3PRu. The van der Waals surface area contributed by atoms with E-state index in [0.29, 0.717) is 17.1 Å². The van der Waals surface area contributed by atoms with Gasteiger partial charge >= 0.3 is 27.4 Å². The summed E-state index contributed by atoms with van der Waals surface area (Å²) < 4.78 is 29.4. The zero-order chi connectivity index (χ0) is 19.1. The number of benzene rings is 3. The summed E-state index contributed by atoms with van der Waals surface area (Å²) in [5.74, 6) is 0. The molecule has 8 heteroatoms. The Morgan fingerprint density at radius 1 is 0.615 bits per heavy atom. The maximum absolute atomic E-state index is 9.81. The van der Waals surface area contributed by atoms with Crippen molar-refractivity contribution < 1.29 is 27.4 Å². The summed E-state index contributed by atoms with van der Waals surface area (Å²) in [5, 5.41) is 3.51. The number of nitrogens with two attached hydrogens (primary N) is 3. The molecule has 0 spiro atoms. The van der Waals surface area contributed by atoms with E-state index < -0.39 is 25.4 Å². The first-order valence-electron chi connectivity index (χ1n) is 7.42. The molecule has 0 unspecified atom stereocenters. The van der Waals surface area contributed by atoms with Crippen LogP contribution in [-0.4, -0.2) is 0 Å². The third kappa shape index (κ3) is 5.20. The Bertz CT molecular complexity index is 794. The molecule has 0 saturated heterocycles. The summed E-state index contributed by atoms with van der Waals surface area (Å²) in [4.78, 5) is 0. The summed E-state index contributed by atoms with van der Waals surface area (Å²) in [6.07, 6.45) is 0. The summed E-state index contributed by atoms with van der Waals surface area (Å²) in [6, 6.07) is 24.6. The van der Waals surface area contributed by atoms with E-state index in [9.17, 15) is 9.95 Å². The third-order valence-corrected chi connectivity index (χ3v) is 6.07. The average Bonchev–Trinajstić information content (AvgIpc) is 2.63. The van der Waals surface area contributed by atoms with Gasteiger partial charge in [-0.05, 0) is 30.7 Å². The Morgan fingerprint density at radius 3 is 1.46 bits per heavy atom. The fourth-order valence-electron chi connectivity index (χ4n) is 2.42. The van der Waals surface area contributed by atoms with Crippen LogP contribution in [0.15, 0.2) is 72.8 Å². The van der Waals surface area contributed by atoms with Gasteiger partial charge in [-0.25, -0.2) is 0 Å². The SMILES string of the molecule is Nc1ccc(P(c2ccccc2)c2ccccc2)c(N)c1N.[F][Ru]([F])[F]. The monoisotopic (exact) mass is 466 g/mol. The summed E-state index contributed by atoms with van der Waals surface area (Å²) in [6.45, 7) is 0. The molecule has 0 radical (unpaired) electrons. The maximum atomic E-state index is 9.81. The normalized spacial score (nSPS) is 10.8. The minimum atomic E-state index is -4.67. The molecule has 0 atom stereocenters. The average molecular weight is 465 g/mol. The molecule has 0 aliphatic carbocycles. The summed E-state index contributed by atoms with van der Waals surface area (Å²) >= 11 is -4.67. The molecule has 0 aromatic heterocycles. The number of hydrogen-bond donors (Lipinski definition) is 3. The fourth-order valence-corrected chi connectivity index (χ4v) is 4.80. The van der Waals surface area contributed by atoms with Gasteiger partial charge in [-0.15, -0.1) is 0 Å². The predicted octanol–water partition coefficient (Wildman–Crippen LogP) is 3.45. The van der Waals surface area contributed by atoms with Gasteiger partial charge in [0.2, 0.25) is 0 Å². The molecule has 3 aromatic rings. The molecule has 0 saturated carbocycles. The molecule has 0 fully saturated rings. The molecule has 3 nitrogen and oxygen atoms in total. The van der Waals surface area contributed by atoms with Gasteiger partial charge in [0, 0.05) is 5.30 Å². The summed E-state index contributed by atoms with van der Waals surface area (Å²) in [5.41, 5.74) is 19.8. The first kappa shape index (κ1) is 20.2. The van der Waals surface area contributed by atoms with Gasteiger partial charge < -0.3 is 17.2 Å². The molecule has 0 amide bonds. The predicted molar refractivity (Wildman–Crippen MR) is 102 cm³/mol. The van der Waals surface area contributed by atoms with E-state index in [-0.39, 0.29) is 0 Å². The molecule has 0 heterocycles. The van der Waals surface area contributed by atoms with Crippen LogP contribution < -0.4 is 33.1 Å². The first-order valence-corrected chi connectivity index (χ1v) is 10.7. The molecule has 0 bridgehead atoms. The molecule has 26 heavy (non-hydrogen) atoms. The Kier molecular flexibility index (Phi) is 7.43. The van der Waals surface area contributed by atoms with Crippen LogP contribution in [0.1, 0.15) is 0 Å². The van der Waals surface area contributed by atoms with Gasteiger partial charge in [0.1, 0.15) is 0 Å². The van der Waals surface area contributed by atoms with Crippen LogP contribution in [-0.2, 0) is 17.4 Å². The van der Waals surface area contributed by atoms with Crippen LogP contribution in [0.2, 0.25) is 0 Å². The van der Waals surface area contributed by atoms with Crippen LogP contribution in [0.5, 0.6) is 0 Å². The quantitative estimate of drug-likeness (QED) is 0.315. The number of hydrogen-bond acceptors (Lipinski definition) is 3. The van der Waals surface area contributed by atoms with Crippen molar-refractivity contribution >= 4 is 40.9 Å². The molecule has 6 N–H and O–H groups in total. The van der Waals surface area contributed by atoms with Gasteiger partial charge in [-0.2, -0.15) is 0 Å². The second-order valence-corrected chi connectivity index (χ2v) is 8.09. The van der Waals surface area contributed by atoms with Crippen molar-refractivity contribution in [2.45, 2.75) is 0 Å². The minimum absolute atomic E-state index is 0.469. The van der Waals surface area contributed by atoms with Crippen LogP contribution in [0, 0.1) is 0 Å². The molecule has 3 aromatic carbocycles. The number of nitrogen functional groups attached to an aromatic ring is 3. The number of rotatable bonds is 3. The van der Waals surface area contributed by atoms with Crippen LogP contribution in [0.4, 0.5) is 27.0 Å². The second-order valence-electron chi connectivity index (χ2n) is 5.16. The van der Waals surface area contributed by atoms with E-state index in [1.165, 1.54) is 10.6 Å². The van der Waals surface area contributed by atoms with Crippen molar-refractivity contribution in [1.29, 1.82) is 0 Å². The Morgan fingerprint density at radius 2 is 1.04 bits per heavy atom. The second kappa shape index (κ2) is 9.56. The van der Waals surface area contributed by atoms with Crippen molar-refractivity contribution in [3.05, 3.63) is 72.8 Å². The molecule has 0 aliphatic heterocycles. The summed E-state index contributed by atoms with van der Waals surface area (Å²) in [7, 11) is -0.756. The van der Waals surface area contributed by atoms with Gasteiger partial charge in [-0.3, -0.25) is 0 Å². The zero-order valence-corrected chi connectivity index (χ0v) is 16.2. The van der Waals surface area contributed by atoms with Crippen LogP contribution >= 0.6 is 7.92 Å². The Hall–Kier alpha value is -2.10. The van der Waals surface area contributed by atoms with E-state index in [4.69, 9.17) is 17.2 Å². The van der Waals surface area contributed by atoms with Gasteiger partial charge in [-0.1, -0.05) is 60.7 Å². The fraction of sp³-hybridized carbons (Fsp3) is 0. The van der Waals surface area contributed by atoms with E-state index in [0.717, 1.165) is 5.30 Å². The standard InChI is InChI=1S/C18H18N3P.3FH.Ru/c19-15-11-12-16(18(21)17(15)20)22(13-7-3-1-4-8-13)14-9-5-2-6-10-14;;;;/h1-12H,19-21H2;3*1H;/q;;;;+3/p-3. The van der Waals surface area contributed by atoms with Crippen molar-refractivity contribution in [2.75, 3.05) is 17.2 Å². The van der Waals surface area contributed by atoms with Gasteiger partial charge in [0.25, 0.3) is 0 Å². The van der Waals surface area contributed by atoms with Crippen LogP contribution in [0.3, 0.4) is 0 Å². The zero-order valence-electron chi connectivity index (χ0n) is 13.6. The molecule has 3 rings (SSSR count). The molecule has 0 aliphatic rings. The number of halogens is 3. The Balaban J connectivity index is 0.000000552. The molecule has 139 valence electrons. The van der Waals surface area contributed by atoms with E-state index in [1.54, 1.807) is 0 Å². The Labute approximate surface area is 158 Å². The van der Waals surface area contributed by atoms with E-state index in [1.807, 2.05) is 48.5 Å². The topological polar surface area (TPSA) is 78.1 Å². The van der Waals surface area contributed by atoms with Crippen molar-refractivity contribution in [3.63, 3.8) is 0 Å². The third-order valence-electron chi connectivity index (χ3n) is 3.57. The van der Waals surface area contributed by atoms with Crippen LogP contribution in [0.25, 0.3) is 0 Å². The first-order chi connectivity index (χ1) is 12.4. The van der Waals surface area contributed by atoms with Crippen molar-refractivity contribution in [2.24, 2.45) is 0 Å². The van der Waals surface area contributed by atoms with Crippen molar-refractivity contribution in [3.8, 4) is 0 Å². The van der Waals surface area contributed by atoms with Crippen molar-refractivity contribution in [1.82, 2.24) is 0 Å². The number of anilines is 3. The van der Waals surface area contributed by atoms with E-state index in [2.05, 4.69) is 24.3 Å². The van der Waals surface area contributed by atoms with Gasteiger partial charge in [0.05, 0.1) is 17.1 Å². The van der Waals surface area contributed by atoms with Gasteiger partial charge in [0.15, 0.2) is 0 Å². The molecular weight excluding hydrogens is 447 g/mol. The van der Waals surface area contributed by atoms with E-state index >= 15 is 0 Å².